The summed E-state index contributed by atoms with van der Waals surface area (Å²) in [5.41, 5.74) is 4.44. The second-order valence-corrected chi connectivity index (χ2v) is 8.11. The van der Waals surface area contributed by atoms with Crippen molar-refractivity contribution in [2.45, 2.75) is 58.9 Å². The first-order chi connectivity index (χ1) is 15.1. The molecule has 174 valence electrons. The van der Waals surface area contributed by atoms with Crippen LogP contribution in [0.25, 0.3) is 0 Å². The number of aromatic amines is 1. The minimum Gasteiger partial charge on any atom is -0.455 e. The van der Waals surface area contributed by atoms with Crippen molar-refractivity contribution in [1.82, 2.24) is 9.55 Å². The molecule has 2 rings (SSSR count). The second kappa shape index (κ2) is 10.8. The van der Waals surface area contributed by atoms with Gasteiger partial charge in [-0.1, -0.05) is 50.6 Å². The van der Waals surface area contributed by atoms with Gasteiger partial charge in [0.25, 0.3) is 11.5 Å². The van der Waals surface area contributed by atoms with Crippen LogP contribution in [0.3, 0.4) is 0 Å². The maximum Gasteiger partial charge on any atom is 0.330 e. The third-order valence-corrected chi connectivity index (χ3v) is 5.30. The van der Waals surface area contributed by atoms with Gasteiger partial charge in [0.15, 0.2) is 12.3 Å². The van der Waals surface area contributed by atoms with Crippen molar-refractivity contribution in [2.75, 3.05) is 23.8 Å². The van der Waals surface area contributed by atoms with E-state index in [-0.39, 0.29) is 18.1 Å². The number of hydrogen-bond donors (Lipinski definition) is 2. The summed E-state index contributed by atoms with van der Waals surface area (Å²) in [7, 11) is 0. The van der Waals surface area contributed by atoms with Gasteiger partial charge in [-0.2, -0.15) is 0 Å². The van der Waals surface area contributed by atoms with Gasteiger partial charge in [0, 0.05) is 13.1 Å². The summed E-state index contributed by atoms with van der Waals surface area (Å²) in [5, 5.41) is 0. The molecule has 1 heterocycles. The predicted octanol–water partition coefficient (Wildman–Crippen LogP) is 2.18. The van der Waals surface area contributed by atoms with Crippen molar-refractivity contribution < 1.29 is 14.3 Å². The Morgan fingerprint density at radius 2 is 1.78 bits per heavy atom. The van der Waals surface area contributed by atoms with Crippen LogP contribution in [0.15, 0.2) is 39.9 Å². The smallest absolute Gasteiger partial charge is 0.330 e. The lowest BCUT2D eigenvalue weighted by Crippen LogP contribution is -2.44. The van der Waals surface area contributed by atoms with Gasteiger partial charge < -0.3 is 15.4 Å². The number of nitrogens with one attached hydrogen (secondary N) is 1. The van der Waals surface area contributed by atoms with Gasteiger partial charge >= 0.3 is 11.7 Å². The third kappa shape index (κ3) is 5.46. The van der Waals surface area contributed by atoms with Crippen LogP contribution in [-0.2, 0) is 26.3 Å². The van der Waals surface area contributed by atoms with E-state index in [0.717, 1.165) is 12.0 Å². The van der Waals surface area contributed by atoms with Crippen LogP contribution in [0.4, 0.5) is 11.5 Å². The molecular formula is C23H32N4O5. The van der Waals surface area contributed by atoms with Gasteiger partial charge in [-0.05, 0) is 32.3 Å². The highest BCUT2D eigenvalue weighted by atomic mass is 16.5. The zero-order chi connectivity index (χ0) is 23.9. The molecule has 0 fully saturated rings. The highest BCUT2D eigenvalue weighted by Crippen LogP contribution is 2.25. The van der Waals surface area contributed by atoms with Crippen molar-refractivity contribution in [1.29, 1.82) is 0 Å². The Balaban J connectivity index is 2.30. The van der Waals surface area contributed by atoms with Crippen molar-refractivity contribution in [3.05, 3.63) is 56.7 Å². The van der Waals surface area contributed by atoms with Crippen LogP contribution in [0.1, 0.15) is 52.5 Å². The lowest BCUT2D eigenvalue weighted by Gasteiger charge is -2.26. The fourth-order valence-electron chi connectivity index (χ4n) is 3.32. The van der Waals surface area contributed by atoms with Crippen LogP contribution in [0.2, 0.25) is 0 Å². The van der Waals surface area contributed by atoms with Gasteiger partial charge in [-0.25, -0.2) is 4.79 Å². The average molecular weight is 445 g/mol. The first-order valence-electron chi connectivity index (χ1n) is 10.8. The number of unbranched alkanes of at least 4 members (excludes halogenated alkanes) is 1. The van der Waals surface area contributed by atoms with Gasteiger partial charge in [-0.3, -0.25) is 23.9 Å². The molecule has 1 aromatic heterocycles. The number of nitrogens with two attached hydrogens (primary N) is 1. The maximum absolute atomic E-state index is 13.0. The third-order valence-electron chi connectivity index (χ3n) is 5.30. The number of carbonyl (C=O) groups is 2. The second-order valence-electron chi connectivity index (χ2n) is 8.11. The fourth-order valence-corrected chi connectivity index (χ4v) is 3.32. The highest BCUT2D eigenvalue weighted by molar-refractivity contribution is 5.97. The summed E-state index contributed by atoms with van der Waals surface area (Å²) >= 11 is 0. The molecule has 0 atom stereocenters. The zero-order valence-corrected chi connectivity index (χ0v) is 19.1. The molecule has 0 unspecified atom stereocenters. The lowest BCUT2D eigenvalue weighted by atomic mass is 9.85. The molecule has 0 aliphatic heterocycles. The normalized spacial score (nSPS) is 11.2. The Labute approximate surface area is 187 Å². The topological polar surface area (TPSA) is 127 Å². The largest absolute Gasteiger partial charge is 0.455 e. The molecule has 1 aromatic carbocycles. The van der Waals surface area contributed by atoms with Gasteiger partial charge in [0.1, 0.15) is 5.82 Å². The molecule has 0 spiro atoms. The standard InChI is InChI=1S/C23H32N4O5/c1-5-7-14-26(18-19(24)27(13-6-2)22(31)25-20(18)29)17(28)15-32-21(30)23(3,4)16-11-9-8-10-12-16/h8-12H,5-7,13-15,24H2,1-4H3,(H,25,29,31). The SMILES string of the molecule is CCCCN(C(=O)COC(=O)C(C)(C)c1ccccc1)c1c(N)n(CCC)c(=O)[nH]c1=O. The van der Waals surface area contributed by atoms with Crippen LogP contribution >= 0.6 is 0 Å². The Bertz CT molecular complexity index is 1060. The number of hydrogen-bond acceptors (Lipinski definition) is 6. The summed E-state index contributed by atoms with van der Waals surface area (Å²) in [4.78, 5) is 53.9. The van der Waals surface area contributed by atoms with E-state index in [1.165, 1.54) is 9.47 Å². The summed E-state index contributed by atoms with van der Waals surface area (Å²) in [6.45, 7) is 7.18. The van der Waals surface area contributed by atoms with Gasteiger partial charge in [0.2, 0.25) is 0 Å². The molecule has 1 amide bonds. The van der Waals surface area contributed by atoms with E-state index in [9.17, 15) is 19.2 Å². The molecule has 3 N–H and O–H groups in total. The van der Waals surface area contributed by atoms with Gasteiger partial charge in [-0.15, -0.1) is 0 Å². The Kier molecular flexibility index (Phi) is 8.40. The van der Waals surface area contributed by atoms with Crippen LogP contribution < -0.4 is 21.9 Å². The van der Waals surface area contributed by atoms with E-state index >= 15 is 0 Å². The van der Waals surface area contributed by atoms with E-state index in [1.807, 2.05) is 44.2 Å². The molecule has 9 heteroatoms. The van der Waals surface area contributed by atoms with Crippen LogP contribution in [0, 0.1) is 0 Å². The van der Waals surface area contributed by atoms with E-state index in [1.54, 1.807) is 13.8 Å². The molecule has 0 aliphatic carbocycles. The summed E-state index contributed by atoms with van der Waals surface area (Å²) in [5.74, 6) is -1.24. The average Bonchev–Trinajstić information content (AvgIpc) is 2.77. The van der Waals surface area contributed by atoms with E-state index in [4.69, 9.17) is 10.5 Å². The number of amides is 1. The molecular weight excluding hydrogens is 412 g/mol. The Hall–Kier alpha value is -3.36. The minimum atomic E-state index is -0.958. The fraction of sp³-hybridized carbons (Fsp3) is 0.478. The minimum absolute atomic E-state index is 0.0824. The molecule has 0 saturated carbocycles. The molecule has 0 bridgehead atoms. The molecule has 32 heavy (non-hydrogen) atoms. The number of esters is 1. The number of anilines is 2. The molecule has 0 saturated heterocycles. The molecule has 9 nitrogen and oxygen atoms in total. The quantitative estimate of drug-likeness (QED) is 0.541. The number of nitrogens with zero attached hydrogens (tertiary/aromatic N) is 2. The van der Waals surface area contributed by atoms with Crippen molar-refractivity contribution in [3.8, 4) is 0 Å². The Morgan fingerprint density at radius 3 is 2.38 bits per heavy atom. The number of aromatic nitrogens is 2. The number of nitrogen functional groups attached to an aromatic ring is 1. The molecule has 2 aromatic rings. The summed E-state index contributed by atoms with van der Waals surface area (Å²) in [6, 6.07) is 9.12. The highest BCUT2D eigenvalue weighted by Gasteiger charge is 2.33. The summed E-state index contributed by atoms with van der Waals surface area (Å²) in [6.07, 6.45) is 1.97. The zero-order valence-electron chi connectivity index (χ0n) is 19.1. The van der Waals surface area contributed by atoms with Gasteiger partial charge in [0.05, 0.1) is 5.41 Å². The number of H-pyrrole nitrogens is 1. The first-order valence-corrected chi connectivity index (χ1v) is 10.8. The lowest BCUT2D eigenvalue weighted by molar-refractivity contribution is -0.152. The van der Waals surface area contributed by atoms with Crippen LogP contribution in [-0.4, -0.2) is 34.6 Å². The van der Waals surface area contributed by atoms with E-state index < -0.39 is 35.1 Å². The number of benzene rings is 1. The summed E-state index contributed by atoms with van der Waals surface area (Å²) < 4.78 is 6.56. The number of rotatable bonds is 10. The van der Waals surface area contributed by atoms with Crippen molar-refractivity contribution >= 4 is 23.4 Å². The van der Waals surface area contributed by atoms with E-state index in [0.29, 0.717) is 19.4 Å². The number of ether oxygens (including phenoxy) is 1. The molecule has 0 aliphatic rings. The monoisotopic (exact) mass is 444 g/mol. The first kappa shape index (κ1) is 24.9. The van der Waals surface area contributed by atoms with Crippen molar-refractivity contribution in [3.63, 3.8) is 0 Å². The van der Waals surface area contributed by atoms with Crippen LogP contribution in [0.5, 0.6) is 0 Å². The van der Waals surface area contributed by atoms with E-state index in [2.05, 4.69) is 4.98 Å². The van der Waals surface area contributed by atoms with Crippen molar-refractivity contribution in [2.24, 2.45) is 0 Å². The maximum atomic E-state index is 13.0. The molecule has 0 radical (unpaired) electrons. The predicted molar refractivity (Wildman–Crippen MR) is 124 cm³/mol. The number of carbonyl (C=O) groups excluding carboxylic acids is 2. The Morgan fingerprint density at radius 1 is 1.12 bits per heavy atom.